The summed E-state index contributed by atoms with van der Waals surface area (Å²) in [6.07, 6.45) is 4.52. The van der Waals surface area contributed by atoms with Gasteiger partial charge in [0.05, 0.1) is 0 Å². The summed E-state index contributed by atoms with van der Waals surface area (Å²) in [4.78, 5) is 7.46. The molecule has 0 aromatic heterocycles. The summed E-state index contributed by atoms with van der Waals surface area (Å²) in [5, 5.41) is 0. The summed E-state index contributed by atoms with van der Waals surface area (Å²) in [6, 6.07) is 10.9. The van der Waals surface area contributed by atoms with Gasteiger partial charge in [-0.1, -0.05) is 0 Å². The fraction of sp³-hybridized carbons (Fsp3) is 0.474. The van der Waals surface area contributed by atoms with Gasteiger partial charge in [0.1, 0.15) is 0 Å². The van der Waals surface area contributed by atoms with Crippen LogP contribution in [0.25, 0.3) is 3.59 Å². The van der Waals surface area contributed by atoms with Crippen LogP contribution < -0.4 is 0 Å². The van der Waals surface area contributed by atoms with Crippen molar-refractivity contribution in [2.45, 2.75) is 54.3 Å². The van der Waals surface area contributed by atoms with E-state index in [0.717, 1.165) is 12.8 Å². The van der Waals surface area contributed by atoms with Gasteiger partial charge in [-0.2, -0.15) is 0 Å². The number of rotatable bonds is 5. The Bertz CT molecular complexity index is 492. The third kappa shape index (κ3) is 5.37. The van der Waals surface area contributed by atoms with Crippen LogP contribution in [0.2, 0.25) is 14.8 Å². The number of benzene rings is 1. The fourth-order valence-electron chi connectivity index (χ4n) is 2.43. The maximum absolute atomic E-state index is 3.49. The Hall–Kier alpha value is -0.681. The second kappa shape index (κ2) is 8.57. The van der Waals surface area contributed by atoms with Crippen molar-refractivity contribution in [3.05, 3.63) is 41.5 Å². The van der Waals surface area contributed by atoms with E-state index in [9.17, 15) is 0 Å². The molecule has 0 saturated carbocycles. The molecule has 0 unspecified atom stereocenters. The minimum absolute atomic E-state index is 1.03. The van der Waals surface area contributed by atoms with Gasteiger partial charge in [-0.3, -0.25) is 0 Å². The molecule has 0 amide bonds. The maximum atomic E-state index is 3.49. The second-order valence-corrected chi connectivity index (χ2v) is 20.5. The molecule has 0 atom stereocenters. The average molecular weight is 375 g/mol. The number of hydrogen-bond donors (Lipinski definition) is 0. The molecule has 1 aromatic rings. The molecule has 0 fully saturated rings. The molecule has 0 aliphatic rings. The van der Waals surface area contributed by atoms with E-state index in [1.807, 2.05) is 0 Å². The molecule has 0 heterocycles. The first-order valence-corrected chi connectivity index (χ1v) is 17.8. The van der Waals surface area contributed by atoms with Crippen molar-refractivity contribution >= 4 is 22.0 Å². The molecule has 0 radical (unpaired) electrons. The fourth-order valence-corrected chi connectivity index (χ4v) is 8.64. The van der Waals surface area contributed by atoms with Crippen molar-refractivity contribution in [3.8, 4) is 11.8 Å². The molecule has 1 rings (SSSR count). The van der Waals surface area contributed by atoms with Crippen molar-refractivity contribution in [1.29, 1.82) is 0 Å². The summed E-state index contributed by atoms with van der Waals surface area (Å²) in [7, 11) is 0. The normalized spacial score (nSPS) is 12.4. The Morgan fingerprint density at radius 3 is 2.20 bits per heavy atom. The third-order valence-electron chi connectivity index (χ3n) is 3.36. The molecular weight excluding hydrogens is 347 g/mol. The van der Waals surface area contributed by atoms with Gasteiger partial charge in [-0.15, -0.1) is 0 Å². The van der Waals surface area contributed by atoms with E-state index in [1.54, 1.807) is 3.59 Å². The van der Waals surface area contributed by atoms with E-state index in [-0.39, 0.29) is 0 Å². The van der Waals surface area contributed by atoms with Gasteiger partial charge in [0.25, 0.3) is 0 Å². The molecule has 0 aliphatic carbocycles. The van der Waals surface area contributed by atoms with Crippen LogP contribution in [0.4, 0.5) is 0 Å². The summed E-state index contributed by atoms with van der Waals surface area (Å²) in [6.45, 7) is 4.46. The molecule has 0 bridgehead atoms. The van der Waals surface area contributed by atoms with Crippen LogP contribution in [0.5, 0.6) is 0 Å². The first kappa shape index (κ1) is 17.4. The zero-order chi connectivity index (χ0) is 15.0. The number of unbranched alkanes of at least 4 members (excludes halogenated alkanes) is 2. The van der Waals surface area contributed by atoms with Gasteiger partial charge in [0, 0.05) is 0 Å². The Morgan fingerprint density at radius 2 is 1.70 bits per heavy atom. The van der Waals surface area contributed by atoms with Crippen molar-refractivity contribution < 1.29 is 0 Å². The Labute approximate surface area is 129 Å². The van der Waals surface area contributed by atoms with Crippen LogP contribution in [0.1, 0.15) is 45.1 Å². The van der Waals surface area contributed by atoms with Crippen LogP contribution in [-0.4, -0.2) is 18.4 Å². The standard InChI is InChI=1S/C16H19.3CH3.Sn/c1-3-5-6-8-11-15(4-2)14-16-12-9-7-10-13-16;;;;/h7,9-10,12-13H,3-6H2,1-2H3;3*1H3;. The Balaban J connectivity index is 3.24. The van der Waals surface area contributed by atoms with Gasteiger partial charge in [0.15, 0.2) is 0 Å². The van der Waals surface area contributed by atoms with Crippen LogP contribution in [0.15, 0.2) is 35.9 Å². The topological polar surface area (TPSA) is 0 Å². The average Bonchev–Trinajstić information content (AvgIpc) is 2.41. The molecular formula is C19H28Sn. The number of hydrogen-bond acceptors (Lipinski definition) is 0. The summed E-state index contributed by atoms with van der Waals surface area (Å²) >= 11 is -2.18. The van der Waals surface area contributed by atoms with Gasteiger partial charge in [-0.25, -0.2) is 0 Å². The quantitative estimate of drug-likeness (QED) is 0.340. The summed E-state index contributed by atoms with van der Waals surface area (Å²) in [5.74, 6) is 6.88. The predicted octanol–water partition coefficient (Wildman–Crippen LogP) is 5.92. The van der Waals surface area contributed by atoms with E-state index in [4.69, 9.17) is 0 Å². The van der Waals surface area contributed by atoms with Crippen molar-refractivity contribution in [1.82, 2.24) is 0 Å². The van der Waals surface area contributed by atoms with Crippen molar-refractivity contribution in [2.75, 3.05) is 0 Å². The van der Waals surface area contributed by atoms with Crippen LogP contribution in [0.3, 0.4) is 0 Å². The molecule has 0 N–H and O–H groups in total. The van der Waals surface area contributed by atoms with Crippen LogP contribution in [0, 0.1) is 11.8 Å². The molecule has 108 valence electrons. The van der Waals surface area contributed by atoms with E-state index in [2.05, 4.69) is 70.8 Å². The van der Waals surface area contributed by atoms with E-state index < -0.39 is 18.4 Å². The van der Waals surface area contributed by atoms with E-state index in [0.29, 0.717) is 0 Å². The molecule has 0 nitrogen and oxygen atoms in total. The molecule has 0 spiro atoms. The minimum atomic E-state index is -2.18. The SMILES string of the molecule is CCCCC#C/C(CC)=[C](/c1ccccc1)[Sn]([CH3])([CH3])[CH3]. The second-order valence-electron chi connectivity index (χ2n) is 6.23. The first-order valence-electron chi connectivity index (χ1n) is 7.78. The van der Waals surface area contributed by atoms with Gasteiger partial charge < -0.3 is 0 Å². The molecule has 0 saturated heterocycles. The first-order chi connectivity index (χ1) is 9.50. The monoisotopic (exact) mass is 376 g/mol. The van der Waals surface area contributed by atoms with Crippen molar-refractivity contribution in [3.63, 3.8) is 0 Å². The Kier molecular flexibility index (Phi) is 7.44. The van der Waals surface area contributed by atoms with E-state index in [1.165, 1.54) is 24.0 Å². The molecule has 0 aliphatic heterocycles. The molecule has 1 heteroatoms. The molecule has 1 aromatic carbocycles. The number of allylic oxidation sites excluding steroid dienone is 1. The van der Waals surface area contributed by atoms with E-state index >= 15 is 0 Å². The van der Waals surface area contributed by atoms with Crippen molar-refractivity contribution in [2.24, 2.45) is 0 Å². The van der Waals surface area contributed by atoms with Gasteiger partial charge in [-0.05, 0) is 0 Å². The molecule has 20 heavy (non-hydrogen) atoms. The predicted molar refractivity (Wildman–Crippen MR) is 94.3 cm³/mol. The van der Waals surface area contributed by atoms with Crippen LogP contribution >= 0.6 is 0 Å². The van der Waals surface area contributed by atoms with Crippen LogP contribution in [-0.2, 0) is 0 Å². The zero-order valence-electron chi connectivity index (χ0n) is 13.7. The Morgan fingerprint density at radius 1 is 1.05 bits per heavy atom. The summed E-state index contributed by atoms with van der Waals surface area (Å²) in [5.41, 5.74) is 2.79. The zero-order valence-corrected chi connectivity index (χ0v) is 16.6. The van der Waals surface area contributed by atoms with Gasteiger partial charge in [0.2, 0.25) is 0 Å². The third-order valence-corrected chi connectivity index (χ3v) is 9.33. The summed E-state index contributed by atoms with van der Waals surface area (Å²) < 4.78 is 1.60. The van der Waals surface area contributed by atoms with Gasteiger partial charge >= 0.3 is 130 Å².